The summed E-state index contributed by atoms with van der Waals surface area (Å²) < 4.78 is 0. The Kier molecular flexibility index (Phi) is 2.60. The van der Waals surface area contributed by atoms with Crippen LogP contribution in [0, 0.1) is 6.92 Å². The van der Waals surface area contributed by atoms with Crippen molar-refractivity contribution in [2.24, 2.45) is 5.73 Å². The van der Waals surface area contributed by atoms with E-state index in [1.54, 1.807) is 12.1 Å². The molecule has 3 nitrogen and oxygen atoms in total. The summed E-state index contributed by atoms with van der Waals surface area (Å²) in [4.78, 5) is 11.3. The van der Waals surface area contributed by atoms with Gasteiger partial charge >= 0.3 is 0 Å². The predicted octanol–water partition coefficient (Wildman–Crippen LogP) is 1.75. The number of nitrogens with two attached hydrogens (primary N) is 2. The quantitative estimate of drug-likeness (QED) is 0.513. The lowest BCUT2D eigenvalue weighted by Crippen LogP contribution is -2.01. The lowest BCUT2D eigenvalue weighted by atomic mass is 10.2. The maximum atomic E-state index is 10.5. The molecule has 4 heteroatoms. The van der Waals surface area contributed by atoms with Crippen LogP contribution in [0.4, 0.5) is 10.5 Å². The highest BCUT2D eigenvalue weighted by molar-refractivity contribution is 8.13. The van der Waals surface area contributed by atoms with Gasteiger partial charge in [-0.3, -0.25) is 4.79 Å². The van der Waals surface area contributed by atoms with Gasteiger partial charge in [-0.15, -0.1) is 0 Å². The Morgan fingerprint density at radius 1 is 1.50 bits per heavy atom. The molecule has 0 bridgehead atoms. The molecule has 0 saturated carbocycles. The van der Waals surface area contributed by atoms with Gasteiger partial charge in [0.25, 0.3) is 5.24 Å². The van der Waals surface area contributed by atoms with E-state index in [4.69, 9.17) is 11.5 Å². The summed E-state index contributed by atoms with van der Waals surface area (Å²) in [6.07, 6.45) is 0. The topological polar surface area (TPSA) is 69.1 Å². The van der Waals surface area contributed by atoms with Crippen LogP contribution in [0.3, 0.4) is 0 Å². The van der Waals surface area contributed by atoms with E-state index in [2.05, 4.69) is 0 Å². The zero-order valence-electron chi connectivity index (χ0n) is 6.70. The minimum Gasteiger partial charge on any atom is -0.399 e. The van der Waals surface area contributed by atoms with Crippen molar-refractivity contribution < 1.29 is 4.79 Å². The molecule has 0 radical (unpaired) electrons. The number of rotatable bonds is 1. The van der Waals surface area contributed by atoms with Crippen LogP contribution in [-0.2, 0) is 0 Å². The third-order valence-electron chi connectivity index (χ3n) is 1.46. The third kappa shape index (κ3) is 2.17. The van der Waals surface area contributed by atoms with Crippen LogP contribution in [0.15, 0.2) is 23.1 Å². The van der Waals surface area contributed by atoms with E-state index in [0.717, 1.165) is 27.9 Å². The van der Waals surface area contributed by atoms with Gasteiger partial charge in [-0.25, -0.2) is 0 Å². The molecule has 1 aromatic carbocycles. The molecule has 4 N–H and O–H groups in total. The Balaban J connectivity index is 2.89. The molecular formula is C8H10N2OS. The highest BCUT2D eigenvalue weighted by atomic mass is 32.2. The van der Waals surface area contributed by atoms with Crippen LogP contribution in [0.25, 0.3) is 0 Å². The number of hydrogen-bond donors (Lipinski definition) is 2. The normalized spacial score (nSPS) is 9.75. The summed E-state index contributed by atoms with van der Waals surface area (Å²) in [5.41, 5.74) is 12.3. The molecule has 0 aliphatic heterocycles. The third-order valence-corrected chi connectivity index (χ3v) is 2.15. The second-order valence-corrected chi connectivity index (χ2v) is 3.52. The molecule has 0 heterocycles. The summed E-state index contributed by atoms with van der Waals surface area (Å²) >= 11 is 1.00. The fraction of sp³-hybridized carbons (Fsp3) is 0.125. The zero-order chi connectivity index (χ0) is 9.14. The van der Waals surface area contributed by atoms with Crippen molar-refractivity contribution in [1.29, 1.82) is 0 Å². The van der Waals surface area contributed by atoms with Gasteiger partial charge in [-0.1, -0.05) is 0 Å². The van der Waals surface area contributed by atoms with Crippen LogP contribution >= 0.6 is 11.8 Å². The van der Waals surface area contributed by atoms with Crippen LogP contribution in [0.2, 0.25) is 0 Å². The van der Waals surface area contributed by atoms with Crippen molar-refractivity contribution in [2.75, 3.05) is 5.73 Å². The van der Waals surface area contributed by atoms with Gasteiger partial charge in [-0.05, 0) is 42.4 Å². The summed E-state index contributed by atoms with van der Waals surface area (Å²) in [7, 11) is 0. The van der Waals surface area contributed by atoms with Crippen molar-refractivity contribution in [1.82, 2.24) is 0 Å². The molecule has 12 heavy (non-hydrogen) atoms. The first-order valence-electron chi connectivity index (χ1n) is 3.43. The lowest BCUT2D eigenvalue weighted by molar-refractivity contribution is 0.267. The van der Waals surface area contributed by atoms with Crippen molar-refractivity contribution in [3.05, 3.63) is 23.8 Å². The monoisotopic (exact) mass is 182 g/mol. The largest absolute Gasteiger partial charge is 0.399 e. The van der Waals surface area contributed by atoms with Crippen molar-refractivity contribution >= 4 is 22.7 Å². The number of thioether (sulfide) groups is 1. The fourth-order valence-corrected chi connectivity index (χ4v) is 1.43. The van der Waals surface area contributed by atoms with Gasteiger partial charge in [0.15, 0.2) is 0 Å². The van der Waals surface area contributed by atoms with Gasteiger partial charge in [-0.2, -0.15) is 0 Å². The number of carbonyl (C=O) groups excluding carboxylic acids is 1. The van der Waals surface area contributed by atoms with E-state index >= 15 is 0 Å². The average Bonchev–Trinajstić information content (AvgIpc) is 1.96. The molecule has 0 aromatic heterocycles. The highest BCUT2D eigenvalue weighted by Gasteiger charge is 2.00. The van der Waals surface area contributed by atoms with Crippen molar-refractivity contribution in [2.45, 2.75) is 11.8 Å². The number of amides is 1. The van der Waals surface area contributed by atoms with E-state index in [1.165, 1.54) is 0 Å². The Morgan fingerprint density at radius 2 is 2.17 bits per heavy atom. The van der Waals surface area contributed by atoms with Crippen LogP contribution in [-0.4, -0.2) is 5.24 Å². The van der Waals surface area contributed by atoms with Crippen LogP contribution in [0.5, 0.6) is 0 Å². The first-order valence-corrected chi connectivity index (χ1v) is 4.24. The first-order chi connectivity index (χ1) is 5.59. The Morgan fingerprint density at radius 3 is 2.67 bits per heavy atom. The lowest BCUT2D eigenvalue weighted by Gasteiger charge is -2.01. The number of aryl methyl sites for hydroxylation is 1. The summed E-state index contributed by atoms with van der Waals surface area (Å²) in [5, 5.41) is -0.404. The van der Waals surface area contributed by atoms with Gasteiger partial charge in [0.05, 0.1) is 0 Å². The van der Waals surface area contributed by atoms with Crippen molar-refractivity contribution in [3.63, 3.8) is 0 Å². The molecule has 1 amide bonds. The molecule has 0 fully saturated rings. The SMILES string of the molecule is Cc1cc(SC(N)=O)ccc1N. The molecule has 0 atom stereocenters. The molecule has 64 valence electrons. The second kappa shape index (κ2) is 3.49. The maximum absolute atomic E-state index is 10.5. The Bertz CT molecular complexity index is 312. The fourth-order valence-electron chi connectivity index (χ4n) is 0.828. The number of nitrogen functional groups attached to an aromatic ring is 1. The second-order valence-electron chi connectivity index (χ2n) is 2.44. The minimum absolute atomic E-state index is 0.404. The van der Waals surface area contributed by atoms with Gasteiger partial charge < -0.3 is 11.5 Å². The van der Waals surface area contributed by atoms with E-state index in [-0.39, 0.29) is 0 Å². The number of hydrogen-bond acceptors (Lipinski definition) is 3. The molecule has 0 aliphatic rings. The Hall–Kier alpha value is -1.16. The first kappa shape index (κ1) is 8.93. The Labute approximate surface area is 75.1 Å². The molecule has 1 rings (SSSR count). The van der Waals surface area contributed by atoms with Crippen molar-refractivity contribution in [3.8, 4) is 0 Å². The molecule has 0 aliphatic carbocycles. The average molecular weight is 182 g/mol. The summed E-state index contributed by atoms with van der Waals surface area (Å²) in [5.74, 6) is 0. The number of primary amides is 1. The molecule has 0 unspecified atom stereocenters. The number of anilines is 1. The van der Waals surface area contributed by atoms with Crippen LogP contribution in [0.1, 0.15) is 5.56 Å². The molecule has 0 saturated heterocycles. The number of carbonyl (C=O) groups is 1. The maximum Gasteiger partial charge on any atom is 0.281 e. The van der Waals surface area contributed by atoms with Gasteiger partial charge in [0.1, 0.15) is 0 Å². The van der Waals surface area contributed by atoms with Gasteiger partial charge in [0.2, 0.25) is 0 Å². The van der Waals surface area contributed by atoms with E-state index in [1.807, 2.05) is 13.0 Å². The van der Waals surface area contributed by atoms with E-state index in [9.17, 15) is 4.79 Å². The zero-order valence-corrected chi connectivity index (χ0v) is 7.52. The smallest absolute Gasteiger partial charge is 0.281 e. The van der Waals surface area contributed by atoms with E-state index < -0.39 is 5.24 Å². The standard InChI is InChI=1S/C8H10N2OS/c1-5-4-6(12-8(10)11)2-3-7(5)9/h2-4H,9H2,1H3,(H2,10,11). The summed E-state index contributed by atoms with van der Waals surface area (Å²) in [6.45, 7) is 1.89. The number of benzene rings is 1. The minimum atomic E-state index is -0.404. The predicted molar refractivity (Wildman–Crippen MR) is 51.0 cm³/mol. The van der Waals surface area contributed by atoms with Gasteiger partial charge in [0, 0.05) is 10.6 Å². The molecule has 1 aromatic rings. The molecule has 0 spiro atoms. The molecular weight excluding hydrogens is 172 g/mol. The van der Waals surface area contributed by atoms with E-state index in [0.29, 0.717) is 0 Å². The van der Waals surface area contributed by atoms with Crippen LogP contribution < -0.4 is 11.5 Å². The highest BCUT2D eigenvalue weighted by Crippen LogP contribution is 2.21. The summed E-state index contributed by atoms with van der Waals surface area (Å²) in [6, 6.07) is 5.38.